The van der Waals surface area contributed by atoms with E-state index in [4.69, 9.17) is 4.74 Å². The van der Waals surface area contributed by atoms with Gasteiger partial charge in [-0.15, -0.1) is 0 Å². The van der Waals surface area contributed by atoms with E-state index in [1.807, 2.05) is 0 Å². The maximum absolute atomic E-state index is 12.8. The number of hydrogen-bond donors (Lipinski definition) is 2. The van der Waals surface area contributed by atoms with Gasteiger partial charge in [0.1, 0.15) is 5.75 Å². The van der Waals surface area contributed by atoms with Gasteiger partial charge in [0.25, 0.3) is 15.9 Å². The maximum Gasteiger partial charge on any atom is 0.262 e. The second kappa shape index (κ2) is 7.73. The number of aromatic nitrogens is 2. The number of nitrogens with zero attached hydrogens (tertiary/aromatic N) is 2. The molecule has 0 aliphatic heterocycles. The van der Waals surface area contributed by atoms with E-state index in [1.54, 1.807) is 56.6 Å². The summed E-state index contributed by atoms with van der Waals surface area (Å²) in [5.74, 6) is 0.252. The molecule has 0 unspecified atom stereocenters. The Kier molecular flexibility index (Phi) is 5.36. The van der Waals surface area contributed by atoms with Crippen LogP contribution in [0.2, 0.25) is 0 Å². The number of benzene rings is 2. The Balaban J connectivity index is 1.84. The lowest BCUT2D eigenvalue weighted by Gasteiger charge is -2.13. The van der Waals surface area contributed by atoms with Gasteiger partial charge in [-0.1, -0.05) is 6.07 Å². The van der Waals surface area contributed by atoms with Crippen molar-refractivity contribution in [1.29, 1.82) is 0 Å². The quantitative estimate of drug-likeness (QED) is 0.662. The first-order valence-electron chi connectivity index (χ1n) is 8.36. The minimum Gasteiger partial charge on any atom is -0.497 e. The number of amides is 1. The SMILES string of the molecule is COc1ccc(NS(=O)(=O)c2cc(NC(=O)c3cnn(C)c3)ccc2C)cc1. The molecular weight excluding hydrogens is 380 g/mol. The molecule has 8 nitrogen and oxygen atoms in total. The third-order valence-electron chi connectivity index (χ3n) is 4.04. The standard InChI is InChI=1S/C19H20N4O4S/c1-13-4-5-16(21-19(24)14-11-20-23(2)12-14)10-18(13)28(25,26)22-15-6-8-17(27-3)9-7-15/h4-12,22H,1-3H3,(H,21,24). The van der Waals surface area contributed by atoms with E-state index in [0.29, 0.717) is 28.3 Å². The Labute approximate surface area is 163 Å². The van der Waals surface area contributed by atoms with Gasteiger partial charge in [0.2, 0.25) is 0 Å². The van der Waals surface area contributed by atoms with E-state index >= 15 is 0 Å². The lowest BCUT2D eigenvalue weighted by Crippen LogP contribution is -2.16. The Bertz CT molecular complexity index is 1110. The first-order valence-corrected chi connectivity index (χ1v) is 9.84. The van der Waals surface area contributed by atoms with Gasteiger partial charge in [-0.2, -0.15) is 5.10 Å². The lowest BCUT2D eigenvalue weighted by molar-refractivity contribution is 0.102. The maximum atomic E-state index is 12.8. The summed E-state index contributed by atoms with van der Waals surface area (Å²) in [6, 6.07) is 11.3. The molecular formula is C19H20N4O4S. The smallest absolute Gasteiger partial charge is 0.262 e. The number of rotatable bonds is 6. The van der Waals surface area contributed by atoms with Gasteiger partial charge in [-0.05, 0) is 48.9 Å². The van der Waals surface area contributed by atoms with E-state index in [2.05, 4.69) is 15.1 Å². The molecule has 2 aromatic carbocycles. The van der Waals surface area contributed by atoms with Crippen LogP contribution in [0.5, 0.6) is 5.75 Å². The van der Waals surface area contributed by atoms with Gasteiger partial charge in [-0.25, -0.2) is 8.42 Å². The van der Waals surface area contributed by atoms with Crippen LogP contribution in [0.1, 0.15) is 15.9 Å². The van der Waals surface area contributed by atoms with Crippen molar-refractivity contribution in [3.8, 4) is 5.75 Å². The molecule has 2 N–H and O–H groups in total. The van der Waals surface area contributed by atoms with Gasteiger partial charge in [0.05, 0.1) is 23.8 Å². The van der Waals surface area contributed by atoms with Crippen molar-refractivity contribution in [2.24, 2.45) is 7.05 Å². The summed E-state index contributed by atoms with van der Waals surface area (Å²) in [5.41, 5.74) is 1.71. The number of hydrogen-bond acceptors (Lipinski definition) is 5. The lowest BCUT2D eigenvalue weighted by atomic mass is 10.2. The average molecular weight is 400 g/mol. The highest BCUT2D eigenvalue weighted by atomic mass is 32.2. The van der Waals surface area contributed by atoms with Crippen LogP contribution >= 0.6 is 0 Å². The Morgan fingerprint density at radius 1 is 1.11 bits per heavy atom. The third kappa shape index (κ3) is 4.32. The van der Waals surface area contributed by atoms with Gasteiger partial charge in [0.15, 0.2) is 0 Å². The van der Waals surface area contributed by atoms with Crippen LogP contribution in [0.4, 0.5) is 11.4 Å². The predicted molar refractivity (Wildman–Crippen MR) is 106 cm³/mol. The van der Waals surface area contributed by atoms with Crippen molar-refractivity contribution in [1.82, 2.24) is 9.78 Å². The molecule has 3 aromatic rings. The van der Waals surface area contributed by atoms with Gasteiger partial charge < -0.3 is 10.1 Å². The topological polar surface area (TPSA) is 102 Å². The highest BCUT2D eigenvalue weighted by molar-refractivity contribution is 7.92. The molecule has 1 heterocycles. The molecule has 0 radical (unpaired) electrons. The van der Waals surface area contributed by atoms with Crippen molar-refractivity contribution in [2.75, 3.05) is 17.1 Å². The normalized spacial score (nSPS) is 11.1. The third-order valence-corrected chi connectivity index (χ3v) is 5.57. The zero-order chi connectivity index (χ0) is 20.3. The monoisotopic (exact) mass is 400 g/mol. The molecule has 0 spiro atoms. The Hall–Kier alpha value is -3.33. The van der Waals surface area contributed by atoms with Crippen LogP contribution in [0.3, 0.4) is 0 Å². The summed E-state index contributed by atoms with van der Waals surface area (Å²) in [4.78, 5) is 12.4. The predicted octanol–water partition coefficient (Wildman–Crippen LogP) is 2.79. The molecule has 0 saturated carbocycles. The van der Waals surface area contributed by atoms with Crippen molar-refractivity contribution in [3.63, 3.8) is 0 Å². The average Bonchev–Trinajstić information content (AvgIpc) is 3.10. The van der Waals surface area contributed by atoms with Crippen LogP contribution in [0.25, 0.3) is 0 Å². The second-order valence-electron chi connectivity index (χ2n) is 6.17. The van der Waals surface area contributed by atoms with Crippen LogP contribution in [-0.4, -0.2) is 31.2 Å². The first kappa shape index (κ1) is 19.4. The number of methoxy groups -OCH3 is 1. The highest BCUT2D eigenvalue weighted by Crippen LogP contribution is 2.24. The van der Waals surface area contributed by atoms with Crippen LogP contribution in [-0.2, 0) is 17.1 Å². The summed E-state index contributed by atoms with van der Waals surface area (Å²) < 4.78 is 34.8. The fourth-order valence-electron chi connectivity index (χ4n) is 2.58. The molecule has 0 atom stereocenters. The molecule has 0 fully saturated rings. The minimum atomic E-state index is -3.84. The van der Waals surface area contributed by atoms with E-state index in [9.17, 15) is 13.2 Å². The molecule has 9 heteroatoms. The number of anilines is 2. The summed E-state index contributed by atoms with van der Waals surface area (Å²) >= 11 is 0. The molecule has 1 aromatic heterocycles. The largest absolute Gasteiger partial charge is 0.497 e. The highest BCUT2D eigenvalue weighted by Gasteiger charge is 2.19. The number of nitrogens with one attached hydrogen (secondary N) is 2. The van der Waals surface area contributed by atoms with E-state index in [1.165, 1.54) is 24.1 Å². The van der Waals surface area contributed by atoms with Crippen LogP contribution < -0.4 is 14.8 Å². The number of aryl methyl sites for hydroxylation is 2. The second-order valence-corrected chi connectivity index (χ2v) is 7.82. The van der Waals surface area contributed by atoms with E-state index < -0.39 is 10.0 Å². The molecule has 146 valence electrons. The van der Waals surface area contributed by atoms with Crippen molar-refractivity contribution in [3.05, 3.63) is 66.0 Å². The first-order chi connectivity index (χ1) is 13.3. The van der Waals surface area contributed by atoms with Gasteiger partial charge >= 0.3 is 0 Å². The minimum absolute atomic E-state index is 0.0762. The molecule has 28 heavy (non-hydrogen) atoms. The molecule has 0 saturated heterocycles. The molecule has 0 aliphatic rings. The number of carbonyl (C=O) groups is 1. The van der Waals surface area contributed by atoms with E-state index in [-0.39, 0.29) is 10.8 Å². The van der Waals surface area contributed by atoms with Gasteiger partial charge in [0, 0.05) is 24.6 Å². The fraction of sp³-hybridized carbons (Fsp3) is 0.158. The van der Waals surface area contributed by atoms with E-state index in [0.717, 1.165) is 0 Å². The molecule has 0 bridgehead atoms. The number of ether oxygens (including phenoxy) is 1. The molecule has 3 rings (SSSR count). The Morgan fingerprint density at radius 3 is 2.39 bits per heavy atom. The zero-order valence-corrected chi connectivity index (χ0v) is 16.4. The molecule has 0 aliphatic carbocycles. The van der Waals surface area contributed by atoms with Crippen LogP contribution in [0.15, 0.2) is 59.8 Å². The van der Waals surface area contributed by atoms with Gasteiger partial charge in [-0.3, -0.25) is 14.2 Å². The van der Waals surface area contributed by atoms with Crippen molar-refractivity contribution < 1.29 is 17.9 Å². The molecule has 1 amide bonds. The summed E-state index contributed by atoms with van der Waals surface area (Å²) in [7, 11) is -0.599. The fourth-order valence-corrected chi connectivity index (χ4v) is 3.91. The number of sulfonamides is 1. The summed E-state index contributed by atoms with van der Waals surface area (Å²) in [6.07, 6.45) is 3.01. The van der Waals surface area contributed by atoms with Crippen molar-refractivity contribution in [2.45, 2.75) is 11.8 Å². The summed E-state index contributed by atoms with van der Waals surface area (Å²) in [5, 5.41) is 6.64. The number of carbonyl (C=O) groups excluding carboxylic acids is 1. The summed E-state index contributed by atoms with van der Waals surface area (Å²) in [6.45, 7) is 1.69. The zero-order valence-electron chi connectivity index (χ0n) is 15.6. The van der Waals surface area contributed by atoms with Crippen molar-refractivity contribution >= 4 is 27.3 Å². The van der Waals surface area contributed by atoms with Crippen LogP contribution in [0, 0.1) is 6.92 Å². The Morgan fingerprint density at radius 2 is 1.79 bits per heavy atom.